The Hall–Kier alpha value is -2.74. The molecule has 1 aliphatic rings. The molecule has 1 aliphatic heterocycles. The van der Waals surface area contributed by atoms with Gasteiger partial charge in [-0.15, -0.1) is 34.4 Å². The second-order valence-corrected chi connectivity index (χ2v) is 11.6. The van der Waals surface area contributed by atoms with E-state index < -0.39 is 16.4 Å². The van der Waals surface area contributed by atoms with Crippen LogP contribution in [0.3, 0.4) is 0 Å². The van der Waals surface area contributed by atoms with Gasteiger partial charge in [-0.05, 0) is 38.0 Å². The lowest BCUT2D eigenvalue weighted by Crippen LogP contribution is -2.02. The Bertz CT molecular complexity index is 1540. The van der Waals surface area contributed by atoms with Gasteiger partial charge in [0, 0.05) is 25.4 Å². The molecule has 37 heavy (non-hydrogen) atoms. The number of esters is 1. The number of hydrogen-bond acceptors (Lipinski definition) is 9. The third-order valence-corrected chi connectivity index (χ3v) is 8.87. The number of benzene rings is 2. The molecule has 0 saturated heterocycles. The number of ketones is 1. The number of ether oxygens (including phenoxy) is 1. The fourth-order valence-electron chi connectivity index (χ4n) is 3.48. The zero-order valence-corrected chi connectivity index (χ0v) is 23.3. The summed E-state index contributed by atoms with van der Waals surface area (Å²) in [6.45, 7) is 5.87. The number of carbonyl (C=O) groups excluding carboxylic acids is 2. The van der Waals surface area contributed by atoms with Gasteiger partial charge in [0.25, 0.3) is 0 Å². The van der Waals surface area contributed by atoms with Crippen molar-refractivity contribution in [1.82, 2.24) is 0 Å². The molecule has 8 nitrogen and oxygen atoms in total. The van der Waals surface area contributed by atoms with Gasteiger partial charge in [-0.3, -0.25) is 13.9 Å². The van der Waals surface area contributed by atoms with E-state index in [4.69, 9.17) is 22.3 Å². The maximum absolute atomic E-state index is 11.8. The first-order valence-electron chi connectivity index (χ1n) is 10.8. The van der Waals surface area contributed by atoms with Crippen molar-refractivity contribution in [3.05, 3.63) is 69.4 Å². The minimum absolute atomic E-state index is 0.0294. The molecule has 0 radical (unpaired) electrons. The van der Waals surface area contributed by atoms with Gasteiger partial charge in [0.1, 0.15) is 5.75 Å². The molecule has 3 N–H and O–H groups in total. The monoisotopic (exact) mass is 580 g/mol. The largest absolute Gasteiger partial charge is 0.506 e. The molecule has 12 heteroatoms. The predicted octanol–water partition coefficient (Wildman–Crippen LogP) is 6.45. The van der Waals surface area contributed by atoms with E-state index in [2.05, 4.69) is 12.1 Å². The number of aromatic hydroxyl groups is 1. The van der Waals surface area contributed by atoms with E-state index in [1.54, 1.807) is 30.0 Å². The molecule has 0 fully saturated rings. The summed E-state index contributed by atoms with van der Waals surface area (Å²) >= 11 is 4.57. The molecule has 5 rings (SSSR count). The van der Waals surface area contributed by atoms with E-state index in [0.29, 0.717) is 18.1 Å². The zero-order valence-electron chi connectivity index (χ0n) is 20.0. The third-order valence-electron chi connectivity index (χ3n) is 5.12. The summed E-state index contributed by atoms with van der Waals surface area (Å²) in [5, 5.41) is 11.3. The normalized spacial score (nSPS) is 12.3. The van der Waals surface area contributed by atoms with Crippen molar-refractivity contribution in [2.75, 3.05) is 12.4 Å². The summed E-state index contributed by atoms with van der Waals surface area (Å²) in [5.41, 5.74) is 2.88. The standard InChI is InChI=1S/C15H16O3S.C10H6OS2.H2O4S/c1-4-18-15(17)14-12(16)10(3)13(19-14)11-8-6-5-7-9(11)2;11-7-5-12-9-6-3-1-2-4-8(6)13-10(7)9;1-5(2,3)4/h5-8,16H,4H2,1-3H3;1-4H,5H2;(H2,1,2,3,4). The highest BCUT2D eigenvalue weighted by Gasteiger charge is 2.25. The average Bonchev–Trinajstić information content (AvgIpc) is 3.47. The molecule has 2 aromatic heterocycles. The van der Waals surface area contributed by atoms with E-state index in [0.717, 1.165) is 26.4 Å². The summed E-state index contributed by atoms with van der Waals surface area (Å²) in [7, 11) is -4.67. The summed E-state index contributed by atoms with van der Waals surface area (Å²) in [6.07, 6.45) is 0. The number of carbonyl (C=O) groups is 2. The quantitative estimate of drug-likeness (QED) is 0.184. The molecule has 4 aromatic rings. The molecular weight excluding hydrogens is 557 g/mol. The molecule has 0 aliphatic carbocycles. The van der Waals surface area contributed by atoms with Crippen LogP contribution in [0.15, 0.2) is 53.4 Å². The summed E-state index contributed by atoms with van der Waals surface area (Å²) in [6, 6.07) is 16.1. The lowest BCUT2D eigenvalue weighted by atomic mass is 10.0. The molecular formula is C25H24O8S4. The van der Waals surface area contributed by atoms with Crippen LogP contribution in [0.5, 0.6) is 5.75 Å². The van der Waals surface area contributed by atoms with Gasteiger partial charge in [-0.25, -0.2) is 4.79 Å². The van der Waals surface area contributed by atoms with Crippen LogP contribution in [0, 0.1) is 13.8 Å². The zero-order chi connectivity index (χ0) is 27.3. The van der Waals surface area contributed by atoms with Crippen molar-refractivity contribution in [2.45, 2.75) is 25.7 Å². The second-order valence-electron chi connectivity index (χ2n) is 7.69. The van der Waals surface area contributed by atoms with Crippen molar-refractivity contribution in [2.24, 2.45) is 0 Å². The topological polar surface area (TPSA) is 138 Å². The molecule has 0 unspecified atom stereocenters. The molecule has 0 bridgehead atoms. The first-order valence-corrected chi connectivity index (χ1v) is 14.9. The Morgan fingerprint density at radius 2 is 1.62 bits per heavy atom. The lowest BCUT2D eigenvalue weighted by molar-refractivity contribution is 0.0529. The predicted molar refractivity (Wildman–Crippen MR) is 148 cm³/mol. The summed E-state index contributed by atoms with van der Waals surface area (Å²) in [4.78, 5) is 26.6. The molecule has 3 heterocycles. The van der Waals surface area contributed by atoms with Crippen molar-refractivity contribution in [3.8, 4) is 16.2 Å². The number of aryl methyl sites for hydroxylation is 1. The van der Waals surface area contributed by atoms with E-state index >= 15 is 0 Å². The summed E-state index contributed by atoms with van der Waals surface area (Å²) in [5.74, 6) is 0.488. The highest BCUT2D eigenvalue weighted by atomic mass is 32.3. The number of Topliss-reactive ketones (excluding diaryl/α,β-unsaturated/α-hetero) is 1. The lowest BCUT2D eigenvalue weighted by Gasteiger charge is -2.03. The Labute approximate surface area is 226 Å². The molecule has 0 atom stereocenters. The van der Waals surface area contributed by atoms with Crippen molar-refractivity contribution in [3.63, 3.8) is 0 Å². The van der Waals surface area contributed by atoms with E-state index in [1.807, 2.05) is 50.2 Å². The number of rotatable bonds is 3. The van der Waals surface area contributed by atoms with Crippen molar-refractivity contribution in [1.29, 1.82) is 0 Å². The van der Waals surface area contributed by atoms with E-state index in [1.165, 1.54) is 26.3 Å². The van der Waals surface area contributed by atoms with Crippen molar-refractivity contribution >= 4 is 66.7 Å². The van der Waals surface area contributed by atoms with Crippen LogP contribution in [0.25, 0.3) is 20.5 Å². The maximum atomic E-state index is 11.8. The molecule has 0 saturated carbocycles. The highest BCUT2D eigenvalue weighted by molar-refractivity contribution is 8.01. The van der Waals surface area contributed by atoms with Gasteiger partial charge in [-0.1, -0.05) is 42.5 Å². The van der Waals surface area contributed by atoms with Crippen LogP contribution < -0.4 is 0 Å². The molecule has 0 amide bonds. The SMILES string of the molecule is CCOC(=O)c1sc(-c2ccccc2C)c(C)c1O.O=C1CSc2c1sc1ccccc21.O=S(=O)(O)O. The van der Waals surface area contributed by atoms with Gasteiger partial charge < -0.3 is 9.84 Å². The average molecular weight is 581 g/mol. The molecule has 196 valence electrons. The fourth-order valence-corrected chi connectivity index (χ4v) is 7.15. The fraction of sp³-hybridized carbons (Fsp3) is 0.200. The number of thiophene rings is 2. The van der Waals surface area contributed by atoms with Crippen LogP contribution in [-0.4, -0.2) is 46.7 Å². The first-order chi connectivity index (χ1) is 17.4. The van der Waals surface area contributed by atoms with Crippen molar-refractivity contribution < 1.29 is 37.0 Å². The van der Waals surface area contributed by atoms with E-state index in [9.17, 15) is 14.7 Å². The maximum Gasteiger partial charge on any atom is 0.394 e. The Kier molecular flexibility index (Phi) is 9.51. The van der Waals surface area contributed by atoms with Gasteiger partial charge in [0.2, 0.25) is 0 Å². The van der Waals surface area contributed by atoms with E-state index in [-0.39, 0.29) is 10.6 Å². The Balaban J connectivity index is 0.000000181. The Morgan fingerprint density at radius 1 is 1.00 bits per heavy atom. The van der Waals surface area contributed by atoms with Gasteiger partial charge in [0.15, 0.2) is 10.7 Å². The highest BCUT2D eigenvalue weighted by Crippen LogP contribution is 2.43. The van der Waals surface area contributed by atoms with Gasteiger partial charge in [0.05, 0.1) is 17.2 Å². The smallest absolute Gasteiger partial charge is 0.394 e. The molecule has 2 aromatic carbocycles. The van der Waals surface area contributed by atoms with Crippen LogP contribution in [0.4, 0.5) is 0 Å². The Morgan fingerprint density at radius 3 is 2.27 bits per heavy atom. The van der Waals surface area contributed by atoms with Crippen LogP contribution in [0.1, 0.15) is 37.4 Å². The van der Waals surface area contributed by atoms with Gasteiger partial charge >= 0.3 is 16.4 Å². The minimum Gasteiger partial charge on any atom is -0.506 e. The second kappa shape index (κ2) is 12.2. The molecule has 0 spiro atoms. The van der Waals surface area contributed by atoms with Crippen LogP contribution in [0.2, 0.25) is 0 Å². The number of hydrogen-bond donors (Lipinski definition) is 3. The van der Waals surface area contributed by atoms with Gasteiger partial charge in [-0.2, -0.15) is 8.42 Å². The third kappa shape index (κ3) is 7.18. The van der Waals surface area contributed by atoms with Crippen LogP contribution in [-0.2, 0) is 15.1 Å². The number of fused-ring (bicyclic) bond motifs is 3. The number of thioether (sulfide) groups is 1. The summed E-state index contributed by atoms with van der Waals surface area (Å²) < 4.78 is 37.8. The minimum atomic E-state index is -4.67. The first kappa shape index (κ1) is 28.8. The van der Waals surface area contributed by atoms with Crippen LogP contribution >= 0.6 is 34.4 Å².